The number of para-hydroxylation sites is 4. The molecule has 2 aromatic heterocycles. The Labute approximate surface area is 359 Å². The predicted octanol–water partition coefficient (Wildman–Crippen LogP) is 15.0. The fourth-order valence-corrected chi connectivity index (χ4v) is 9.35. The van der Waals surface area contributed by atoms with E-state index in [9.17, 15) is 0 Å². The van der Waals surface area contributed by atoms with E-state index >= 15 is 0 Å². The van der Waals surface area contributed by atoms with Gasteiger partial charge in [0.1, 0.15) is 11.6 Å². The van der Waals surface area contributed by atoms with E-state index in [2.05, 4.69) is 240 Å². The van der Waals surface area contributed by atoms with Crippen molar-refractivity contribution >= 4 is 43.6 Å². The first-order valence-corrected chi connectivity index (χ1v) is 21.1. The fourth-order valence-electron chi connectivity index (χ4n) is 9.35. The lowest BCUT2D eigenvalue weighted by Crippen LogP contribution is -2.02. The summed E-state index contributed by atoms with van der Waals surface area (Å²) in [6.45, 7) is 0. The van der Waals surface area contributed by atoms with Crippen LogP contribution in [0.1, 0.15) is 0 Å². The van der Waals surface area contributed by atoms with E-state index in [0.717, 1.165) is 83.3 Å². The highest BCUT2D eigenvalue weighted by Crippen LogP contribution is 2.46. The molecule has 0 radical (unpaired) electrons. The Kier molecular flexibility index (Phi) is 8.46. The van der Waals surface area contributed by atoms with Gasteiger partial charge in [-0.25, -0.2) is 9.97 Å². The van der Waals surface area contributed by atoms with E-state index in [1.54, 1.807) is 0 Å². The van der Waals surface area contributed by atoms with Crippen molar-refractivity contribution in [1.29, 1.82) is 0 Å². The van der Waals surface area contributed by atoms with Gasteiger partial charge in [0.15, 0.2) is 0 Å². The van der Waals surface area contributed by atoms with Crippen LogP contribution in [0.15, 0.2) is 231 Å². The summed E-state index contributed by atoms with van der Waals surface area (Å²) in [6.07, 6.45) is 0. The van der Waals surface area contributed by atoms with Crippen LogP contribution in [-0.2, 0) is 0 Å². The molecule has 0 aliphatic rings. The van der Waals surface area contributed by atoms with Gasteiger partial charge in [-0.1, -0.05) is 182 Å². The summed E-state index contributed by atoms with van der Waals surface area (Å²) in [7, 11) is 0. The van der Waals surface area contributed by atoms with E-state index in [-0.39, 0.29) is 0 Å². The molecule has 0 fully saturated rings. The van der Waals surface area contributed by atoms with Gasteiger partial charge >= 0.3 is 0 Å². The zero-order valence-electron chi connectivity index (χ0n) is 33.7. The lowest BCUT2D eigenvalue weighted by Gasteiger charge is -2.21. The third-order valence-electron chi connectivity index (χ3n) is 12.1. The minimum Gasteiger partial charge on any atom is -0.292 e. The fraction of sp³-hybridized carbons (Fsp3) is 0. The second kappa shape index (κ2) is 14.7. The van der Waals surface area contributed by atoms with Gasteiger partial charge in [-0.15, -0.1) is 0 Å². The molecule has 4 nitrogen and oxygen atoms in total. The standard InChI is InChI=1S/C58H38N4/c1-5-19-39(20-6-1)43-35-36-46(47(37-43)40-21-7-2-8-22-40)56-44-27-17-33-52(61-54-31-15-13-29-50(54)59-57(61)41-23-9-3-10-24-41)48(44)38-49-45(56)28-18-34-53(49)62-55-32-16-14-30-51(55)60-58(62)42-25-11-4-12-26-42/h1-38H. The molecule has 0 atom stereocenters. The second-order valence-electron chi connectivity index (χ2n) is 15.7. The Morgan fingerprint density at radius 1 is 0.274 bits per heavy atom. The quantitative estimate of drug-likeness (QED) is 0.151. The van der Waals surface area contributed by atoms with Crippen molar-refractivity contribution in [2.45, 2.75) is 0 Å². The number of fused-ring (bicyclic) bond motifs is 4. The number of hydrogen-bond donors (Lipinski definition) is 0. The molecular weight excluding hydrogens is 753 g/mol. The first-order chi connectivity index (χ1) is 30.8. The third-order valence-corrected chi connectivity index (χ3v) is 12.1. The van der Waals surface area contributed by atoms with Crippen LogP contribution < -0.4 is 0 Å². The van der Waals surface area contributed by atoms with Gasteiger partial charge < -0.3 is 0 Å². The second-order valence-corrected chi connectivity index (χ2v) is 15.7. The Bertz CT molecular complexity index is 3430. The lowest BCUT2D eigenvalue weighted by molar-refractivity contribution is 1.11. The predicted molar refractivity (Wildman–Crippen MR) is 258 cm³/mol. The molecule has 62 heavy (non-hydrogen) atoms. The molecule has 0 saturated carbocycles. The van der Waals surface area contributed by atoms with Crippen molar-refractivity contribution in [3.63, 3.8) is 0 Å². The normalized spacial score (nSPS) is 11.5. The van der Waals surface area contributed by atoms with Crippen molar-refractivity contribution in [2.24, 2.45) is 0 Å². The molecule has 0 aliphatic carbocycles. The molecule has 0 N–H and O–H groups in total. The average Bonchev–Trinajstić information content (AvgIpc) is 3.93. The molecule has 0 unspecified atom stereocenters. The first-order valence-electron chi connectivity index (χ1n) is 21.1. The summed E-state index contributed by atoms with van der Waals surface area (Å²) >= 11 is 0. The Balaban J connectivity index is 1.24. The van der Waals surface area contributed by atoms with E-state index in [1.165, 1.54) is 27.8 Å². The van der Waals surface area contributed by atoms with Crippen LogP contribution in [0, 0.1) is 0 Å². The van der Waals surface area contributed by atoms with Crippen LogP contribution in [0.2, 0.25) is 0 Å². The van der Waals surface area contributed by atoms with Crippen LogP contribution >= 0.6 is 0 Å². The molecule has 0 saturated heterocycles. The maximum absolute atomic E-state index is 5.29. The maximum atomic E-state index is 5.29. The minimum absolute atomic E-state index is 0.901. The highest BCUT2D eigenvalue weighted by Gasteiger charge is 2.23. The monoisotopic (exact) mass is 790 g/mol. The average molecular weight is 791 g/mol. The van der Waals surface area contributed by atoms with Gasteiger partial charge in [0, 0.05) is 21.9 Å². The van der Waals surface area contributed by atoms with E-state index in [4.69, 9.17) is 9.97 Å². The molecule has 10 aromatic carbocycles. The largest absolute Gasteiger partial charge is 0.292 e. The highest BCUT2D eigenvalue weighted by molar-refractivity contribution is 6.18. The van der Waals surface area contributed by atoms with Gasteiger partial charge in [0.25, 0.3) is 0 Å². The van der Waals surface area contributed by atoms with Gasteiger partial charge in [-0.2, -0.15) is 0 Å². The minimum atomic E-state index is 0.901. The molecule has 4 heteroatoms. The summed E-state index contributed by atoms with van der Waals surface area (Å²) in [6, 6.07) is 82.4. The van der Waals surface area contributed by atoms with Crippen molar-refractivity contribution in [2.75, 3.05) is 0 Å². The molecule has 0 bridgehead atoms. The SMILES string of the molecule is c1ccc(-c2ccc(-c3c4cccc(-n5c(-c6ccccc6)nc6ccccc65)c4cc4c(-n5c(-c6ccccc6)nc6ccccc65)cccc34)c(-c3ccccc3)c2)cc1. The topological polar surface area (TPSA) is 35.6 Å². The summed E-state index contributed by atoms with van der Waals surface area (Å²) < 4.78 is 4.70. The van der Waals surface area contributed by atoms with Crippen molar-refractivity contribution in [1.82, 2.24) is 19.1 Å². The van der Waals surface area contributed by atoms with Gasteiger partial charge in [-0.3, -0.25) is 9.13 Å². The number of imidazole rings is 2. The van der Waals surface area contributed by atoms with Crippen molar-refractivity contribution in [3.05, 3.63) is 231 Å². The summed E-state index contributed by atoms with van der Waals surface area (Å²) in [5.74, 6) is 1.80. The Morgan fingerprint density at radius 3 is 1.21 bits per heavy atom. The van der Waals surface area contributed by atoms with Crippen LogP contribution in [0.25, 0.3) is 111 Å². The number of aromatic nitrogens is 4. The van der Waals surface area contributed by atoms with Crippen LogP contribution in [0.4, 0.5) is 0 Å². The van der Waals surface area contributed by atoms with Crippen LogP contribution in [-0.4, -0.2) is 19.1 Å². The number of nitrogens with zero attached hydrogens (tertiary/aromatic N) is 4. The molecule has 0 amide bonds. The van der Waals surface area contributed by atoms with Crippen molar-refractivity contribution < 1.29 is 0 Å². The summed E-state index contributed by atoms with van der Waals surface area (Å²) in [5, 5.41) is 4.57. The number of rotatable bonds is 7. The van der Waals surface area contributed by atoms with Crippen LogP contribution in [0.3, 0.4) is 0 Å². The zero-order valence-corrected chi connectivity index (χ0v) is 33.7. The molecule has 12 rings (SSSR count). The molecule has 290 valence electrons. The lowest BCUT2D eigenvalue weighted by atomic mass is 9.85. The number of hydrogen-bond acceptors (Lipinski definition) is 2. The van der Waals surface area contributed by atoms with Gasteiger partial charge in [0.2, 0.25) is 0 Å². The number of benzene rings is 10. The van der Waals surface area contributed by atoms with Crippen molar-refractivity contribution in [3.8, 4) is 67.5 Å². The summed E-state index contributed by atoms with van der Waals surface area (Å²) in [5.41, 5.74) is 15.3. The first kappa shape index (κ1) is 35.6. The molecule has 0 aliphatic heterocycles. The highest BCUT2D eigenvalue weighted by atomic mass is 15.1. The molecule has 12 aromatic rings. The molecule has 2 heterocycles. The maximum Gasteiger partial charge on any atom is 0.145 e. The van der Waals surface area contributed by atoms with Gasteiger partial charge in [0.05, 0.1) is 33.4 Å². The smallest absolute Gasteiger partial charge is 0.145 e. The van der Waals surface area contributed by atoms with Gasteiger partial charge in [-0.05, 0) is 92.7 Å². The molecular formula is C58H38N4. The Morgan fingerprint density at radius 2 is 0.710 bits per heavy atom. The van der Waals surface area contributed by atoms with E-state index in [1.807, 2.05) is 0 Å². The van der Waals surface area contributed by atoms with E-state index in [0.29, 0.717) is 0 Å². The zero-order chi connectivity index (χ0) is 41.0. The third kappa shape index (κ3) is 5.84. The van der Waals surface area contributed by atoms with E-state index < -0.39 is 0 Å². The summed E-state index contributed by atoms with van der Waals surface area (Å²) in [4.78, 5) is 10.6. The van der Waals surface area contributed by atoms with Crippen LogP contribution in [0.5, 0.6) is 0 Å². The molecule has 0 spiro atoms. The Hall–Kier alpha value is -8.34.